The predicted molar refractivity (Wildman–Crippen MR) is 121 cm³/mol. The van der Waals surface area contributed by atoms with Crippen molar-refractivity contribution in [1.82, 2.24) is 5.32 Å². The number of carbonyl (C=O) groups excluding carboxylic acids is 1. The lowest BCUT2D eigenvalue weighted by atomic mass is 9.46. The summed E-state index contributed by atoms with van der Waals surface area (Å²) in [6.07, 6.45) is 10.6. The number of amides is 1. The van der Waals surface area contributed by atoms with Crippen molar-refractivity contribution in [3.8, 4) is 0 Å². The van der Waals surface area contributed by atoms with E-state index in [2.05, 4.69) is 37.3 Å². The summed E-state index contributed by atoms with van der Waals surface area (Å²) in [6.45, 7) is 7.92. The number of hydrogen-bond acceptors (Lipinski definition) is 5. The molecule has 4 aliphatic rings. The number of oxime groups is 1. The van der Waals surface area contributed by atoms with Gasteiger partial charge in [0.25, 0.3) is 5.91 Å². The van der Waals surface area contributed by atoms with Crippen LogP contribution in [0.25, 0.3) is 0 Å². The molecular formula is C25H38N2O5. The Morgan fingerprint density at radius 2 is 1.88 bits per heavy atom. The molecule has 0 aromatic heterocycles. The molecule has 3 fully saturated rings. The molecule has 7 heteroatoms. The number of allylic oxidation sites excluding steroid dienone is 2. The Morgan fingerprint density at radius 1 is 1.16 bits per heavy atom. The van der Waals surface area contributed by atoms with E-state index in [0.29, 0.717) is 17.8 Å². The van der Waals surface area contributed by atoms with E-state index in [-0.39, 0.29) is 17.4 Å². The molecule has 178 valence electrons. The summed E-state index contributed by atoms with van der Waals surface area (Å²) >= 11 is 0. The quantitative estimate of drug-likeness (QED) is 0.559. The zero-order valence-corrected chi connectivity index (χ0v) is 19.8. The van der Waals surface area contributed by atoms with Crippen LogP contribution in [0.3, 0.4) is 0 Å². The summed E-state index contributed by atoms with van der Waals surface area (Å²) in [5.41, 5.74) is 1.98. The first kappa shape index (κ1) is 23.3. The van der Waals surface area contributed by atoms with Gasteiger partial charge in [0.15, 0.2) is 6.61 Å². The van der Waals surface area contributed by atoms with Gasteiger partial charge in [-0.1, -0.05) is 24.6 Å². The van der Waals surface area contributed by atoms with Gasteiger partial charge in [-0.25, -0.2) is 0 Å². The average Bonchev–Trinajstić information content (AvgIpc) is 2.97. The molecule has 3 saturated carbocycles. The van der Waals surface area contributed by atoms with Gasteiger partial charge in [0.1, 0.15) is 6.04 Å². The van der Waals surface area contributed by atoms with E-state index in [1.807, 2.05) is 0 Å². The highest BCUT2D eigenvalue weighted by molar-refractivity contribution is 5.96. The summed E-state index contributed by atoms with van der Waals surface area (Å²) < 4.78 is 0. The second-order valence-electron chi connectivity index (χ2n) is 11.3. The SMILES string of the molecule is C[C@@H](NC(=O)CO/N=C1/C=C2CC[C@@H]3[C@H](CC[C@@]4(C)[C@H]3CC[C@]4(C)O)[C@@]2(C)CC1)C(=O)O. The third kappa shape index (κ3) is 3.76. The second kappa shape index (κ2) is 8.15. The number of rotatable bonds is 5. The topological polar surface area (TPSA) is 108 Å². The van der Waals surface area contributed by atoms with Gasteiger partial charge >= 0.3 is 5.97 Å². The molecule has 4 aliphatic carbocycles. The van der Waals surface area contributed by atoms with Crippen LogP contribution in [0.15, 0.2) is 16.8 Å². The number of aliphatic hydroxyl groups is 1. The highest BCUT2D eigenvalue weighted by Gasteiger charge is 2.62. The number of fused-ring (bicyclic) bond motifs is 5. The van der Waals surface area contributed by atoms with E-state index in [0.717, 1.165) is 44.2 Å². The molecular weight excluding hydrogens is 408 g/mol. The first-order valence-corrected chi connectivity index (χ1v) is 12.1. The fourth-order valence-electron chi connectivity index (χ4n) is 7.41. The van der Waals surface area contributed by atoms with Gasteiger partial charge in [0.05, 0.1) is 11.3 Å². The van der Waals surface area contributed by atoms with Crippen LogP contribution < -0.4 is 5.32 Å². The van der Waals surface area contributed by atoms with Crippen molar-refractivity contribution >= 4 is 17.6 Å². The van der Waals surface area contributed by atoms with Crippen LogP contribution in [-0.2, 0) is 14.4 Å². The number of carbonyl (C=O) groups is 2. The lowest BCUT2D eigenvalue weighted by Crippen LogP contribution is -2.53. The Bertz CT molecular complexity index is 849. The molecule has 7 atom stereocenters. The van der Waals surface area contributed by atoms with E-state index < -0.39 is 23.5 Å². The number of aliphatic carboxylic acids is 1. The average molecular weight is 447 g/mol. The van der Waals surface area contributed by atoms with Gasteiger partial charge in [-0.2, -0.15) is 0 Å². The number of nitrogens with zero attached hydrogens (tertiary/aromatic N) is 1. The Labute approximate surface area is 190 Å². The maximum atomic E-state index is 11.8. The Kier molecular flexibility index (Phi) is 5.93. The smallest absolute Gasteiger partial charge is 0.325 e. The molecule has 0 aliphatic heterocycles. The van der Waals surface area contributed by atoms with Gasteiger partial charge in [-0.05, 0) is 99.9 Å². The fraction of sp³-hybridized carbons (Fsp3) is 0.800. The minimum absolute atomic E-state index is 0.0412. The van der Waals surface area contributed by atoms with Gasteiger partial charge < -0.3 is 20.4 Å². The van der Waals surface area contributed by atoms with Crippen molar-refractivity contribution in [1.29, 1.82) is 0 Å². The van der Waals surface area contributed by atoms with Crippen LogP contribution in [0.2, 0.25) is 0 Å². The van der Waals surface area contributed by atoms with Crippen LogP contribution in [0.1, 0.15) is 79.1 Å². The largest absolute Gasteiger partial charge is 0.480 e. The molecule has 0 saturated heterocycles. The standard InChI is InChI=1S/C25H38N2O5/c1-15(22(29)30)26-21(28)14-32-27-17-7-10-23(2)16(13-17)5-6-18-19(23)8-11-24(3)20(18)9-12-25(24,4)31/h13,15,18-20,31H,5-12,14H2,1-4H3,(H,26,28)(H,29,30)/b27-17+/t15-,18-,19+,20+,23+,24+,25+/m1/s1. The predicted octanol–water partition coefficient (Wildman–Crippen LogP) is 3.66. The van der Waals surface area contributed by atoms with E-state index in [1.54, 1.807) is 0 Å². The van der Waals surface area contributed by atoms with Crippen molar-refractivity contribution in [2.75, 3.05) is 6.61 Å². The van der Waals surface area contributed by atoms with Crippen LogP contribution >= 0.6 is 0 Å². The third-order valence-corrected chi connectivity index (χ3v) is 9.66. The first-order valence-electron chi connectivity index (χ1n) is 12.1. The monoisotopic (exact) mass is 446 g/mol. The maximum Gasteiger partial charge on any atom is 0.325 e. The second-order valence-corrected chi connectivity index (χ2v) is 11.3. The van der Waals surface area contributed by atoms with Crippen LogP contribution in [-0.4, -0.2) is 46.1 Å². The molecule has 32 heavy (non-hydrogen) atoms. The van der Waals surface area contributed by atoms with Crippen molar-refractivity contribution in [2.24, 2.45) is 33.7 Å². The molecule has 4 rings (SSSR count). The third-order valence-electron chi connectivity index (χ3n) is 9.66. The lowest BCUT2D eigenvalue weighted by Gasteiger charge is -2.59. The molecule has 0 aromatic carbocycles. The van der Waals surface area contributed by atoms with Crippen LogP contribution in [0, 0.1) is 28.6 Å². The summed E-state index contributed by atoms with van der Waals surface area (Å²) in [5, 5.41) is 26.5. The highest BCUT2D eigenvalue weighted by atomic mass is 16.6. The van der Waals surface area contributed by atoms with E-state index in [9.17, 15) is 14.7 Å². The normalized spacial score (nSPS) is 42.8. The van der Waals surface area contributed by atoms with E-state index in [1.165, 1.54) is 25.3 Å². The summed E-state index contributed by atoms with van der Waals surface area (Å²) in [6, 6.07) is -0.952. The highest BCUT2D eigenvalue weighted by Crippen LogP contribution is 2.67. The van der Waals surface area contributed by atoms with Crippen molar-refractivity contribution in [3.63, 3.8) is 0 Å². The van der Waals surface area contributed by atoms with Gasteiger partial charge in [-0.15, -0.1) is 0 Å². The Balaban J connectivity index is 1.42. The zero-order chi connectivity index (χ0) is 23.3. The van der Waals surface area contributed by atoms with Gasteiger partial charge in [0, 0.05) is 0 Å². The van der Waals surface area contributed by atoms with Crippen LogP contribution in [0.5, 0.6) is 0 Å². The number of carboxylic acid groups (broad SMARTS) is 1. The molecule has 0 bridgehead atoms. The van der Waals surface area contributed by atoms with E-state index in [4.69, 9.17) is 9.94 Å². The van der Waals surface area contributed by atoms with Crippen molar-refractivity contribution in [3.05, 3.63) is 11.6 Å². The minimum atomic E-state index is -1.08. The molecule has 0 heterocycles. The molecule has 0 unspecified atom stereocenters. The summed E-state index contributed by atoms with van der Waals surface area (Å²) in [5.74, 6) is 0.371. The zero-order valence-electron chi connectivity index (χ0n) is 19.8. The first-order chi connectivity index (χ1) is 15.0. The van der Waals surface area contributed by atoms with Gasteiger partial charge in [0.2, 0.25) is 0 Å². The molecule has 0 spiro atoms. The van der Waals surface area contributed by atoms with E-state index >= 15 is 0 Å². The molecule has 3 N–H and O–H groups in total. The van der Waals surface area contributed by atoms with Gasteiger partial charge in [-0.3, -0.25) is 9.59 Å². The number of nitrogens with one attached hydrogen (secondary N) is 1. The molecule has 1 amide bonds. The Hall–Kier alpha value is -1.89. The summed E-state index contributed by atoms with van der Waals surface area (Å²) in [4.78, 5) is 27.9. The van der Waals surface area contributed by atoms with Crippen LogP contribution in [0.4, 0.5) is 0 Å². The van der Waals surface area contributed by atoms with Crippen molar-refractivity contribution in [2.45, 2.75) is 90.7 Å². The molecule has 0 aromatic rings. The van der Waals surface area contributed by atoms with Crippen molar-refractivity contribution < 1.29 is 24.6 Å². The number of hydrogen-bond donors (Lipinski definition) is 3. The summed E-state index contributed by atoms with van der Waals surface area (Å²) in [7, 11) is 0. The molecule has 0 radical (unpaired) electrons. The Morgan fingerprint density at radius 3 is 2.59 bits per heavy atom. The number of carboxylic acids is 1. The fourth-order valence-corrected chi connectivity index (χ4v) is 7.41. The minimum Gasteiger partial charge on any atom is -0.480 e. The maximum absolute atomic E-state index is 11.8. The molecule has 7 nitrogen and oxygen atoms in total. The lowest BCUT2D eigenvalue weighted by molar-refractivity contribution is -0.142.